The largest absolute Gasteiger partial charge is 0.493 e. The fraction of sp³-hybridized carbons (Fsp3) is 0.115. The number of halogens is 2. The second-order valence-corrected chi connectivity index (χ2v) is 9.12. The van der Waals surface area contributed by atoms with Crippen LogP contribution in [-0.2, 0) is 0 Å². The van der Waals surface area contributed by atoms with E-state index in [4.69, 9.17) is 19.5 Å². The normalized spacial score (nSPS) is 11.7. The summed E-state index contributed by atoms with van der Waals surface area (Å²) in [6.45, 7) is 2.03. The zero-order valence-electron chi connectivity index (χ0n) is 18.8. The number of ether oxygens (including phenoxy) is 2. The number of rotatable bonds is 6. The van der Waals surface area contributed by atoms with Gasteiger partial charge in [0.15, 0.2) is 17.3 Å². The van der Waals surface area contributed by atoms with Crippen LogP contribution in [0, 0.1) is 6.92 Å². The summed E-state index contributed by atoms with van der Waals surface area (Å²) in [7, 11) is 3.21. The highest BCUT2D eigenvalue weighted by atomic mass is 79.9. The number of para-hydroxylation sites is 1. The maximum absolute atomic E-state index is 5.38. The molecule has 6 nitrogen and oxygen atoms in total. The van der Waals surface area contributed by atoms with Crippen LogP contribution in [0.2, 0.25) is 0 Å². The van der Waals surface area contributed by atoms with Crippen molar-refractivity contribution in [2.45, 2.75) is 6.92 Å². The van der Waals surface area contributed by atoms with Gasteiger partial charge in [-0.25, -0.2) is 9.98 Å². The van der Waals surface area contributed by atoms with Crippen molar-refractivity contribution in [2.24, 2.45) is 10.1 Å². The molecule has 0 unspecified atom stereocenters. The van der Waals surface area contributed by atoms with E-state index in [9.17, 15) is 0 Å². The summed E-state index contributed by atoms with van der Waals surface area (Å²) in [5.74, 6) is 1.79. The second kappa shape index (κ2) is 10.8. The van der Waals surface area contributed by atoms with Gasteiger partial charge in [0.2, 0.25) is 0 Å². The van der Waals surface area contributed by atoms with E-state index >= 15 is 0 Å². The minimum atomic E-state index is 0.507. The van der Waals surface area contributed by atoms with Crippen LogP contribution in [0.1, 0.15) is 16.8 Å². The van der Waals surface area contributed by atoms with Crippen molar-refractivity contribution in [3.63, 3.8) is 0 Å². The summed E-state index contributed by atoms with van der Waals surface area (Å²) in [5.41, 5.74) is 7.32. The number of benzene rings is 3. The van der Waals surface area contributed by atoms with Gasteiger partial charge in [0.05, 0.1) is 31.6 Å². The van der Waals surface area contributed by atoms with Crippen LogP contribution in [0.4, 0.5) is 5.69 Å². The Morgan fingerprint density at radius 2 is 1.65 bits per heavy atom. The quantitative estimate of drug-likeness (QED) is 0.155. The molecule has 4 rings (SSSR count). The van der Waals surface area contributed by atoms with Crippen molar-refractivity contribution in [3.05, 3.63) is 92.5 Å². The highest BCUT2D eigenvalue weighted by Crippen LogP contribution is 2.35. The maximum Gasteiger partial charge on any atom is 0.173 e. The van der Waals surface area contributed by atoms with Gasteiger partial charge in [-0.2, -0.15) is 5.10 Å². The molecule has 8 heteroatoms. The van der Waals surface area contributed by atoms with Crippen molar-refractivity contribution >= 4 is 60.5 Å². The molecule has 0 aliphatic heterocycles. The number of methoxy groups -OCH3 is 2. The lowest BCUT2D eigenvalue weighted by Gasteiger charge is -2.10. The average molecular weight is 582 g/mol. The first-order valence-electron chi connectivity index (χ1n) is 10.4. The number of hydrogen-bond donors (Lipinski definition) is 1. The summed E-state index contributed by atoms with van der Waals surface area (Å²) >= 11 is 7.25. The first-order valence-corrected chi connectivity index (χ1v) is 12.0. The van der Waals surface area contributed by atoms with Gasteiger partial charge >= 0.3 is 0 Å². The summed E-state index contributed by atoms with van der Waals surface area (Å²) < 4.78 is 12.4. The van der Waals surface area contributed by atoms with Gasteiger partial charge in [-0.05, 0) is 92.4 Å². The number of fused-ring (bicyclic) bond motifs is 1. The third kappa shape index (κ3) is 5.46. The molecule has 0 spiro atoms. The van der Waals surface area contributed by atoms with E-state index in [2.05, 4.69) is 42.4 Å². The van der Waals surface area contributed by atoms with E-state index in [0.29, 0.717) is 23.0 Å². The fourth-order valence-electron chi connectivity index (χ4n) is 3.35. The predicted octanol–water partition coefficient (Wildman–Crippen LogP) is 6.79. The Bertz CT molecular complexity index is 1380. The molecule has 0 saturated heterocycles. The first-order chi connectivity index (χ1) is 16.5. The number of amidine groups is 1. The minimum absolute atomic E-state index is 0.507. The van der Waals surface area contributed by atoms with Crippen molar-refractivity contribution in [1.82, 2.24) is 10.4 Å². The molecule has 0 amide bonds. The predicted molar refractivity (Wildman–Crippen MR) is 145 cm³/mol. The lowest BCUT2D eigenvalue weighted by Crippen LogP contribution is -2.20. The number of aromatic nitrogens is 1. The van der Waals surface area contributed by atoms with Crippen molar-refractivity contribution in [2.75, 3.05) is 14.2 Å². The third-order valence-electron chi connectivity index (χ3n) is 5.02. The summed E-state index contributed by atoms with van der Waals surface area (Å²) in [4.78, 5) is 9.65. The molecule has 3 aromatic carbocycles. The highest BCUT2D eigenvalue weighted by molar-refractivity contribution is 9.11. The molecule has 4 aromatic rings. The van der Waals surface area contributed by atoms with Crippen LogP contribution < -0.4 is 14.9 Å². The zero-order valence-corrected chi connectivity index (χ0v) is 22.0. The lowest BCUT2D eigenvalue weighted by molar-refractivity contribution is 0.355. The molecular weight excluding hydrogens is 560 g/mol. The zero-order chi connectivity index (χ0) is 24.1. The van der Waals surface area contributed by atoms with Crippen LogP contribution >= 0.6 is 31.9 Å². The Morgan fingerprint density at radius 3 is 2.38 bits per heavy atom. The van der Waals surface area contributed by atoms with Crippen LogP contribution in [0.5, 0.6) is 11.5 Å². The van der Waals surface area contributed by atoms with Crippen LogP contribution in [0.15, 0.2) is 85.8 Å². The molecule has 1 N–H and O–H groups in total. The Hall–Kier alpha value is -3.23. The molecule has 0 bridgehead atoms. The standard InChI is InChI=1S/C26H22Br2N4O2/c1-16-12-19(27)25(20(28)13-16)31-26(22-10-9-18-6-4-5-7-21(18)30-22)32-29-15-17-8-11-23(33-2)24(14-17)34-3/h4-15H,1-3H3,(H,31,32)/b29-15+. The van der Waals surface area contributed by atoms with Gasteiger partial charge in [-0.3, -0.25) is 5.43 Å². The summed E-state index contributed by atoms with van der Waals surface area (Å²) in [6, 6.07) is 21.5. The average Bonchev–Trinajstić information content (AvgIpc) is 2.84. The number of nitrogens with one attached hydrogen (secondary N) is 1. The summed E-state index contributed by atoms with van der Waals surface area (Å²) in [5, 5.41) is 5.48. The molecule has 0 radical (unpaired) electrons. The van der Waals surface area contributed by atoms with Gasteiger partial charge in [0.1, 0.15) is 5.69 Å². The Balaban J connectivity index is 1.73. The van der Waals surface area contributed by atoms with E-state index in [1.807, 2.05) is 73.7 Å². The third-order valence-corrected chi connectivity index (χ3v) is 6.23. The molecule has 0 fully saturated rings. The molecule has 172 valence electrons. The monoisotopic (exact) mass is 580 g/mol. The van der Waals surface area contributed by atoms with Gasteiger partial charge in [0.25, 0.3) is 0 Å². The number of hydrazone groups is 1. The molecule has 1 aromatic heterocycles. The number of nitrogens with zero attached hydrogens (tertiary/aromatic N) is 3. The van der Waals surface area contributed by atoms with Crippen molar-refractivity contribution in [3.8, 4) is 11.5 Å². The van der Waals surface area contributed by atoms with Gasteiger partial charge in [-0.1, -0.05) is 24.3 Å². The molecule has 34 heavy (non-hydrogen) atoms. The van der Waals surface area contributed by atoms with Crippen LogP contribution in [-0.4, -0.2) is 31.3 Å². The van der Waals surface area contributed by atoms with E-state index in [1.165, 1.54) is 0 Å². The number of aryl methyl sites for hydroxylation is 1. The SMILES string of the molecule is COc1ccc(/C=N/NC(=Nc2c(Br)cc(C)cc2Br)c2ccc3ccccc3n2)cc1OC. The van der Waals surface area contributed by atoms with E-state index in [0.717, 1.165) is 36.7 Å². The lowest BCUT2D eigenvalue weighted by atomic mass is 10.2. The number of hydrogen-bond acceptors (Lipinski definition) is 5. The minimum Gasteiger partial charge on any atom is -0.493 e. The van der Waals surface area contributed by atoms with Crippen LogP contribution in [0.3, 0.4) is 0 Å². The molecular formula is C26H22Br2N4O2. The highest BCUT2D eigenvalue weighted by Gasteiger charge is 2.11. The Labute approximate surface area is 215 Å². The maximum atomic E-state index is 5.38. The molecule has 0 saturated carbocycles. The van der Waals surface area contributed by atoms with Crippen molar-refractivity contribution < 1.29 is 9.47 Å². The molecule has 0 atom stereocenters. The van der Waals surface area contributed by atoms with Gasteiger partial charge in [-0.15, -0.1) is 0 Å². The van der Waals surface area contributed by atoms with E-state index in [-0.39, 0.29) is 0 Å². The second-order valence-electron chi connectivity index (χ2n) is 7.41. The van der Waals surface area contributed by atoms with Crippen molar-refractivity contribution in [1.29, 1.82) is 0 Å². The number of pyridine rings is 1. The topological polar surface area (TPSA) is 68.1 Å². The van der Waals surface area contributed by atoms with Gasteiger partial charge < -0.3 is 9.47 Å². The van der Waals surface area contributed by atoms with E-state index < -0.39 is 0 Å². The molecule has 1 heterocycles. The van der Waals surface area contributed by atoms with E-state index in [1.54, 1.807) is 20.4 Å². The summed E-state index contributed by atoms with van der Waals surface area (Å²) in [6.07, 6.45) is 1.69. The Kier molecular flexibility index (Phi) is 7.59. The Morgan fingerprint density at radius 1 is 0.912 bits per heavy atom. The van der Waals surface area contributed by atoms with Gasteiger partial charge in [0, 0.05) is 14.3 Å². The molecule has 0 aliphatic carbocycles. The smallest absolute Gasteiger partial charge is 0.173 e. The van der Waals surface area contributed by atoms with Crippen LogP contribution in [0.25, 0.3) is 10.9 Å². The molecule has 0 aliphatic rings. The number of aliphatic imine (C=N–C) groups is 1. The first kappa shape index (κ1) is 23.9. The fourth-order valence-corrected chi connectivity index (χ4v) is 4.94.